The van der Waals surface area contributed by atoms with Gasteiger partial charge in [0.1, 0.15) is 5.78 Å². The van der Waals surface area contributed by atoms with Crippen molar-refractivity contribution in [1.82, 2.24) is 19.5 Å². The zero-order chi connectivity index (χ0) is 18.3. The van der Waals surface area contributed by atoms with Crippen LogP contribution in [0.1, 0.15) is 29.0 Å². The second-order valence-electron chi connectivity index (χ2n) is 6.90. The van der Waals surface area contributed by atoms with Gasteiger partial charge in [-0.3, -0.25) is 9.59 Å². The van der Waals surface area contributed by atoms with Crippen LogP contribution in [0.25, 0.3) is 16.9 Å². The third kappa shape index (κ3) is 3.10. The number of carbonyl (C=O) groups excluding carboxylic acids is 2. The number of Topliss-reactive ketones (excluding diaryl/α,β-unsaturated/α-hetero) is 1. The van der Waals surface area contributed by atoms with E-state index in [1.165, 1.54) is 0 Å². The SMILES string of the molecule is CN(C)C(=O)c1ccc(-c2cccc3nc(CC(=O)C4CC4)nn23)cc1. The third-order valence-corrected chi connectivity index (χ3v) is 4.60. The van der Waals surface area contributed by atoms with Crippen LogP contribution < -0.4 is 0 Å². The van der Waals surface area contributed by atoms with Gasteiger partial charge in [-0.2, -0.15) is 5.10 Å². The van der Waals surface area contributed by atoms with Crippen LogP contribution in [0, 0.1) is 5.92 Å². The van der Waals surface area contributed by atoms with Crippen molar-refractivity contribution < 1.29 is 9.59 Å². The van der Waals surface area contributed by atoms with E-state index in [1.54, 1.807) is 23.5 Å². The molecule has 4 rings (SSSR count). The van der Waals surface area contributed by atoms with Crippen molar-refractivity contribution in [1.29, 1.82) is 0 Å². The fourth-order valence-electron chi connectivity index (χ4n) is 2.99. The zero-order valence-corrected chi connectivity index (χ0v) is 14.8. The number of rotatable bonds is 5. The Kier molecular flexibility index (Phi) is 4.03. The molecule has 3 aromatic rings. The van der Waals surface area contributed by atoms with Gasteiger partial charge in [0, 0.05) is 31.1 Å². The van der Waals surface area contributed by atoms with Gasteiger partial charge in [0.05, 0.1) is 12.1 Å². The molecule has 26 heavy (non-hydrogen) atoms. The van der Waals surface area contributed by atoms with E-state index in [-0.39, 0.29) is 17.6 Å². The Bertz CT molecular complexity index is 985. The number of carbonyl (C=O) groups is 2. The van der Waals surface area contributed by atoms with Gasteiger partial charge in [0.15, 0.2) is 11.5 Å². The summed E-state index contributed by atoms with van der Waals surface area (Å²) in [6, 6.07) is 13.2. The molecule has 2 aromatic heterocycles. The topological polar surface area (TPSA) is 67.6 Å². The van der Waals surface area contributed by atoms with Crippen molar-refractivity contribution in [3.63, 3.8) is 0 Å². The highest BCUT2D eigenvalue weighted by Gasteiger charge is 2.30. The van der Waals surface area contributed by atoms with Crippen LogP contribution in [0.2, 0.25) is 0 Å². The fraction of sp³-hybridized carbons (Fsp3) is 0.300. The normalized spacial score (nSPS) is 13.8. The molecule has 0 bridgehead atoms. The van der Waals surface area contributed by atoms with Gasteiger partial charge in [-0.15, -0.1) is 0 Å². The summed E-state index contributed by atoms with van der Waals surface area (Å²) in [6.07, 6.45) is 2.28. The van der Waals surface area contributed by atoms with Crippen molar-refractivity contribution in [2.24, 2.45) is 5.92 Å². The van der Waals surface area contributed by atoms with Gasteiger partial charge in [0.2, 0.25) is 0 Å². The molecule has 1 saturated carbocycles. The first-order chi connectivity index (χ1) is 12.5. The predicted molar refractivity (Wildman–Crippen MR) is 97.9 cm³/mol. The number of benzene rings is 1. The molecular formula is C20H20N4O2. The summed E-state index contributed by atoms with van der Waals surface area (Å²) < 4.78 is 1.76. The summed E-state index contributed by atoms with van der Waals surface area (Å²) >= 11 is 0. The molecule has 6 nitrogen and oxygen atoms in total. The number of pyridine rings is 1. The average Bonchev–Trinajstić information content (AvgIpc) is 3.41. The quantitative estimate of drug-likeness (QED) is 0.711. The minimum Gasteiger partial charge on any atom is -0.345 e. The molecule has 1 aromatic carbocycles. The number of hydrogen-bond acceptors (Lipinski definition) is 4. The number of ketones is 1. The van der Waals surface area contributed by atoms with Gasteiger partial charge in [-0.25, -0.2) is 9.50 Å². The highest BCUT2D eigenvalue weighted by atomic mass is 16.2. The number of nitrogens with zero attached hydrogens (tertiary/aromatic N) is 4. The monoisotopic (exact) mass is 348 g/mol. The number of amides is 1. The summed E-state index contributed by atoms with van der Waals surface area (Å²) in [5, 5.41) is 4.53. The lowest BCUT2D eigenvalue weighted by Gasteiger charge is -2.10. The number of hydrogen-bond donors (Lipinski definition) is 0. The molecule has 1 aliphatic carbocycles. The molecule has 0 N–H and O–H groups in total. The van der Waals surface area contributed by atoms with Crippen LogP contribution in [0.3, 0.4) is 0 Å². The Labute approximate surface area is 151 Å². The summed E-state index contributed by atoms with van der Waals surface area (Å²) in [6.45, 7) is 0. The third-order valence-electron chi connectivity index (χ3n) is 4.60. The van der Waals surface area contributed by atoms with E-state index in [9.17, 15) is 9.59 Å². The standard InChI is InChI=1S/C20H20N4O2/c1-23(2)20(26)15-10-6-13(7-11-15)16-4-3-5-19-21-18(22-24(16)19)12-17(25)14-8-9-14/h3-7,10-11,14H,8-9,12H2,1-2H3. The van der Waals surface area contributed by atoms with Crippen LogP contribution in [-0.4, -0.2) is 45.3 Å². The molecule has 1 amide bonds. The minimum absolute atomic E-state index is 0.0311. The number of fused-ring (bicyclic) bond motifs is 1. The molecule has 0 atom stereocenters. The Morgan fingerprint density at radius 2 is 1.85 bits per heavy atom. The zero-order valence-electron chi connectivity index (χ0n) is 14.8. The van der Waals surface area contributed by atoms with E-state index < -0.39 is 0 Å². The van der Waals surface area contributed by atoms with Crippen LogP contribution >= 0.6 is 0 Å². The number of aromatic nitrogens is 3. The lowest BCUT2D eigenvalue weighted by atomic mass is 10.1. The van der Waals surface area contributed by atoms with E-state index in [0.29, 0.717) is 17.8 Å². The maximum Gasteiger partial charge on any atom is 0.253 e. The molecule has 0 saturated heterocycles. The molecular weight excluding hydrogens is 328 g/mol. The van der Waals surface area contributed by atoms with E-state index in [0.717, 1.165) is 29.7 Å². The summed E-state index contributed by atoms with van der Waals surface area (Å²) in [5.74, 6) is 0.974. The molecule has 0 radical (unpaired) electrons. The van der Waals surface area contributed by atoms with Crippen LogP contribution in [0.5, 0.6) is 0 Å². The van der Waals surface area contributed by atoms with Gasteiger partial charge in [-0.05, 0) is 37.1 Å². The minimum atomic E-state index is -0.0311. The van der Waals surface area contributed by atoms with E-state index in [1.807, 2.05) is 42.5 Å². The van der Waals surface area contributed by atoms with Crippen LogP contribution in [0.4, 0.5) is 0 Å². The van der Waals surface area contributed by atoms with Crippen LogP contribution in [-0.2, 0) is 11.2 Å². The van der Waals surface area contributed by atoms with E-state index >= 15 is 0 Å². The lowest BCUT2D eigenvalue weighted by molar-refractivity contribution is -0.119. The van der Waals surface area contributed by atoms with Crippen molar-refractivity contribution in [3.05, 3.63) is 53.9 Å². The van der Waals surface area contributed by atoms with Gasteiger partial charge < -0.3 is 4.90 Å². The van der Waals surface area contributed by atoms with Crippen molar-refractivity contribution in [3.8, 4) is 11.3 Å². The van der Waals surface area contributed by atoms with Gasteiger partial charge in [-0.1, -0.05) is 18.2 Å². The highest BCUT2D eigenvalue weighted by Crippen LogP contribution is 2.30. The maximum absolute atomic E-state index is 12.0. The largest absolute Gasteiger partial charge is 0.345 e. The molecule has 1 aliphatic rings. The first-order valence-corrected chi connectivity index (χ1v) is 8.72. The molecule has 0 unspecified atom stereocenters. The van der Waals surface area contributed by atoms with E-state index in [2.05, 4.69) is 10.1 Å². The highest BCUT2D eigenvalue weighted by molar-refractivity contribution is 5.94. The predicted octanol–water partition coefficient (Wildman–Crippen LogP) is 2.62. The Morgan fingerprint density at radius 1 is 1.12 bits per heavy atom. The van der Waals surface area contributed by atoms with Crippen molar-refractivity contribution in [2.75, 3.05) is 14.1 Å². The first kappa shape index (κ1) is 16.4. The maximum atomic E-state index is 12.0. The van der Waals surface area contributed by atoms with Crippen LogP contribution in [0.15, 0.2) is 42.5 Å². The fourth-order valence-corrected chi connectivity index (χ4v) is 2.99. The lowest BCUT2D eigenvalue weighted by Crippen LogP contribution is -2.21. The van der Waals surface area contributed by atoms with Gasteiger partial charge in [0.25, 0.3) is 5.91 Å². The molecule has 2 heterocycles. The summed E-state index contributed by atoms with van der Waals surface area (Å²) in [4.78, 5) is 30.1. The molecule has 132 valence electrons. The molecule has 6 heteroatoms. The average molecular weight is 348 g/mol. The smallest absolute Gasteiger partial charge is 0.253 e. The Balaban J connectivity index is 1.66. The molecule has 0 spiro atoms. The summed E-state index contributed by atoms with van der Waals surface area (Å²) in [5.41, 5.74) is 3.18. The Morgan fingerprint density at radius 3 is 2.50 bits per heavy atom. The molecule has 0 aliphatic heterocycles. The van der Waals surface area contributed by atoms with Crippen molar-refractivity contribution >= 4 is 17.3 Å². The Hall–Kier alpha value is -3.02. The van der Waals surface area contributed by atoms with E-state index in [4.69, 9.17) is 0 Å². The van der Waals surface area contributed by atoms with Gasteiger partial charge >= 0.3 is 0 Å². The second kappa shape index (κ2) is 6.37. The molecule has 1 fully saturated rings. The summed E-state index contributed by atoms with van der Waals surface area (Å²) in [7, 11) is 3.47. The second-order valence-corrected chi connectivity index (χ2v) is 6.90. The van der Waals surface area contributed by atoms with Crippen molar-refractivity contribution in [2.45, 2.75) is 19.3 Å². The first-order valence-electron chi connectivity index (χ1n) is 8.72.